The van der Waals surface area contributed by atoms with E-state index in [-0.39, 0.29) is 17.6 Å². The molecule has 2 nitrogen and oxygen atoms in total. The Kier molecular flexibility index (Phi) is 6.61. The lowest BCUT2D eigenvalue weighted by Gasteiger charge is -2.17. The largest absolute Gasteiger partial charge is 0.418 e. The van der Waals surface area contributed by atoms with Gasteiger partial charge in [-0.3, -0.25) is 4.98 Å². The van der Waals surface area contributed by atoms with E-state index in [4.69, 9.17) is 0 Å². The number of rotatable bonds is 6. The maximum atomic E-state index is 14.1. The highest BCUT2D eigenvalue weighted by Gasteiger charge is 2.33. The zero-order valence-corrected chi connectivity index (χ0v) is 19.5. The number of pyridine rings is 1. The van der Waals surface area contributed by atoms with Gasteiger partial charge in [-0.1, -0.05) is 60.7 Å². The van der Waals surface area contributed by atoms with Gasteiger partial charge in [0.05, 0.1) is 11.1 Å². The number of alkyl halides is 3. The molecule has 1 aromatic heterocycles. The van der Waals surface area contributed by atoms with E-state index in [1.165, 1.54) is 30.5 Å². The summed E-state index contributed by atoms with van der Waals surface area (Å²) in [6.07, 6.45) is -2.60. The van der Waals surface area contributed by atoms with E-state index in [9.17, 15) is 22.0 Å². The summed E-state index contributed by atoms with van der Waals surface area (Å²) in [5, 5.41) is 3.41. The van der Waals surface area contributed by atoms with Gasteiger partial charge in [0.2, 0.25) is 0 Å². The second kappa shape index (κ2) is 10.0. The molecule has 0 saturated carbocycles. The van der Waals surface area contributed by atoms with Crippen molar-refractivity contribution in [3.8, 4) is 11.1 Å². The summed E-state index contributed by atoms with van der Waals surface area (Å²) >= 11 is 0. The third-order valence-electron chi connectivity index (χ3n) is 6.20. The average Bonchev–Trinajstić information content (AvgIpc) is 2.88. The number of hydrogen-bond acceptors (Lipinski definition) is 2. The topological polar surface area (TPSA) is 24.9 Å². The lowest BCUT2D eigenvalue weighted by atomic mass is 9.91. The van der Waals surface area contributed by atoms with E-state index < -0.39 is 23.4 Å². The summed E-state index contributed by atoms with van der Waals surface area (Å²) in [5.74, 6) is -1.32. The highest BCUT2D eigenvalue weighted by atomic mass is 19.4. The Bertz CT molecular complexity index is 1540. The van der Waals surface area contributed by atoms with E-state index in [1.54, 1.807) is 30.3 Å². The molecule has 0 amide bonds. The molecule has 37 heavy (non-hydrogen) atoms. The van der Waals surface area contributed by atoms with Gasteiger partial charge in [0, 0.05) is 29.4 Å². The quantitative estimate of drug-likeness (QED) is 0.235. The lowest BCUT2D eigenvalue weighted by Crippen LogP contribution is -2.07. The van der Waals surface area contributed by atoms with Crippen LogP contribution < -0.4 is 5.32 Å². The number of nitrogens with zero attached hydrogens (tertiary/aromatic N) is 1. The first-order valence-electron chi connectivity index (χ1n) is 11.6. The monoisotopic (exact) mass is 504 g/mol. The summed E-state index contributed by atoms with van der Waals surface area (Å²) in [7, 11) is 0. The van der Waals surface area contributed by atoms with Gasteiger partial charge in [-0.05, 0) is 59.0 Å². The van der Waals surface area contributed by atoms with Gasteiger partial charge < -0.3 is 5.32 Å². The van der Waals surface area contributed by atoms with E-state index in [0.717, 1.165) is 17.2 Å². The molecule has 0 spiro atoms. The van der Waals surface area contributed by atoms with Gasteiger partial charge >= 0.3 is 6.18 Å². The van der Waals surface area contributed by atoms with Crippen molar-refractivity contribution in [2.24, 2.45) is 0 Å². The van der Waals surface area contributed by atoms with Gasteiger partial charge in [0.15, 0.2) is 0 Å². The van der Waals surface area contributed by atoms with E-state index in [0.29, 0.717) is 28.6 Å². The molecule has 0 atom stereocenters. The normalized spacial score (nSPS) is 11.6. The molecule has 0 saturated heterocycles. The van der Waals surface area contributed by atoms with Gasteiger partial charge in [0.25, 0.3) is 0 Å². The molecule has 5 aromatic rings. The Hall–Kier alpha value is -4.26. The van der Waals surface area contributed by atoms with Crippen LogP contribution in [0.1, 0.15) is 22.3 Å². The van der Waals surface area contributed by atoms with Gasteiger partial charge in [0.1, 0.15) is 11.6 Å². The molecule has 0 aliphatic rings. The Labute approximate surface area is 210 Å². The summed E-state index contributed by atoms with van der Waals surface area (Å²) in [6, 6.07) is 24.4. The first-order valence-corrected chi connectivity index (χ1v) is 11.6. The standard InChI is InChI=1S/C30H21F5N2/c31-26-13-6-14-27(32)24(26)18-36-22-10-4-9-20(16-22)28-21(15-19-7-2-1-3-8-19)17-37-29-23(28)11-5-12-25(29)30(33,34)35/h1-14,16-17,36H,15,18H2. The minimum absolute atomic E-state index is 0.0891. The van der Waals surface area contributed by atoms with E-state index in [2.05, 4.69) is 10.3 Å². The number of para-hydroxylation sites is 1. The van der Waals surface area contributed by atoms with Crippen molar-refractivity contribution in [1.82, 2.24) is 4.98 Å². The molecular weight excluding hydrogens is 483 g/mol. The maximum Gasteiger partial charge on any atom is 0.418 e. The smallest absolute Gasteiger partial charge is 0.381 e. The number of halogens is 5. The summed E-state index contributed by atoms with van der Waals surface area (Å²) in [6.45, 7) is -0.0891. The van der Waals surface area contributed by atoms with Crippen LogP contribution in [0.5, 0.6) is 0 Å². The maximum absolute atomic E-state index is 14.1. The van der Waals surface area contributed by atoms with Crippen LogP contribution in [0.25, 0.3) is 22.0 Å². The SMILES string of the molecule is Fc1cccc(F)c1CNc1cccc(-c2c(Cc3ccccc3)cnc3c(C(F)(F)F)cccc23)c1. The van der Waals surface area contributed by atoms with E-state index in [1.807, 2.05) is 30.3 Å². The molecule has 4 aromatic carbocycles. The van der Waals surface area contributed by atoms with Crippen LogP contribution in [0.3, 0.4) is 0 Å². The zero-order valence-electron chi connectivity index (χ0n) is 19.5. The van der Waals surface area contributed by atoms with Crippen LogP contribution >= 0.6 is 0 Å². The first-order chi connectivity index (χ1) is 17.8. The number of benzene rings is 4. The molecule has 0 unspecified atom stereocenters. The average molecular weight is 505 g/mol. The van der Waals surface area contributed by atoms with Crippen LogP contribution in [0.15, 0.2) is 97.2 Å². The number of aromatic nitrogens is 1. The van der Waals surface area contributed by atoms with Gasteiger partial charge in [-0.2, -0.15) is 13.2 Å². The second-order valence-corrected chi connectivity index (χ2v) is 8.65. The predicted octanol–water partition coefficient (Wildman–Crippen LogP) is 8.40. The molecule has 0 aliphatic carbocycles. The Morgan fingerprint density at radius 1 is 0.757 bits per heavy atom. The van der Waals surface area contributed by atoms with Crippen LogP contribution in [0.2, 0.25) is 0 Å². The zero-order chi connectivity index (χ0) is 26.0. The number of nitrogens with one attached hydrogen (secondary N) is 1. The molecule has 186 valence electrons. The Balaban J connectivity index is 1.61. The molecule has 1 N–H and O–H groups in total. The fraction of sp³-hybridized carbons (Fsp3) is 0.100. The number of anilines is 1. The van der Waals surface area contributed by atoms with Crippen molar-refractivity contribution in [3.05, 3.63) is 131 Å². The van der Waals surface area contributed by atoms with Crippen molar-refractivity contribution >= 4 is 16.6 Å². The molecule has 1 heterocycles. The molecule has 0 bridgehead atoms. The van der Waals surface area contributed by atoms with E-state index >= 15 is 0 Å². The fourth-order valence-corrected chi connectivity index (χ4v) is 4.46. The van der Waals surface area contributed by atoms with Crippen LogP contribution in [0, 0.1) is 11.6 Å². The minimum atomic E-state index is -4.56. The summed E-state index contributed by atoms with van der Waals surface area (Å²) < 4.78 is 69.5. The van der Waals surface area contributed by atoms with Crippen LogP contribution in [-0.2, 0) is 19.1 Å². The second-order valence-electron chi connectivity index (χ2n) is 8.65. The lowest BCUT2D eigenvalue weighted by molar-refractivity contribution is -0.136. The molecule has 5 rings (SSSR count). The fourth-order valence-electron chi connectivity index (χ4n) is 4.46. The van der Waals surface area contributed by atoms with Crippen LogP contribution in [0.4, 0.5) is 27.6 Å². The third kappa shape index (κ3) is 5.16. The molecule has 0 radical (unpaired) electrons. The summed E-state index contributed by atoms with van der Waals surface area (Å²) in [4.78, 5) is 4.23. The van der Waals surface area contributed by atoms with Gasteiger partial charge in [-0.25, -0.2) is 8.78 Å². The summed E-state index contributed by atoms with van der Waals surface area (Å²) in [5.41, 5.74) is 2.58. The third-order valence-corrected chi connectivity index (χ3v) is 6.20. The highest BCUT2D eigenvalue weighted by Crippen LogP contribution is 2.39. The Morgan fingerprint density at radius 3 is 2.19 bits per heavy atom. The van der Waals surface area contributed by atoms with Crippen LogP contribution in [-0.4, -0.2) is 4.98 Å². The highest BCUT2D eigenvalue weighted by molar-refractivity contribution is 5.98. The number of hydrogen-bond donors (Lipinski definition) is 1. The number of fused-ring (bicyclic) bond motifs is 1. The van der Waals surface area contributed by atoms with Crippen molar-refractivity contribution < 1.29 is 22.0 Å². The van der Waals surface area contributed by atoms with Gasteiger partial charge in [-0.15, -0.1) is 0 Å². The van der Waals surface area contributed by atoms with Crippen molar-refractivity contribution in [1.29, 1.82) is 0 Å². The molecular formula is C30H21F5N2. The molecule has 0 aliphatic heterocycles. The molecule has 0 fully saturated rings. The minimum Gasteiger partial charge on any atom is -0.381 e. The predicted molar refractivity (Wildman–Crippen MR) is 135 cm³/mol. The first kappa shape index (κ1) is 24.4. The molecule has 7 heteroatoms. The van der Waals surface area contributed by atoms with Crippen molar-refractivity contribution in [3.63, 3.8) is 0 Å². The van der Waals surface area contributed by atoms with Crippen molar-refractivity contribution in [2.45, 2.75) is 19.1 Å². The Morgan fingerprint density at radius 2 is 1.46 bits per heavy atom. The van der Waals surface area contributed by atoms with Crippen molar-refractivity contribution in [2.75, 3.05) is 5.32 Å².